The van der Waals surface area contributed by atoms with E-state index in [4.69, 9.17) is 4.43 Å². The molecule has 104 valence electrons. The molecule has 0 aromatic rings. The summed E-state index contributed by atoms with van der Waals surface area (Å²) in [7, 11) is -2.31. The van der Waals surface area contributed by atoms with E-state index in [9.17, 15) is 0 Å². The maximum Gasteiger partial charge on any atom is 0.190 e. The van der Waals surface area contributed by atoms with E-state index in [1.165, 1.54) is 25.7 Å². The Balaban J connectivity index is 4.97. The van der Waals surface area contributed by atoms with Crippen LogP contribution in [0.3, 0.4) is 0 Å². The topological polar surface area (TPSA) is 9.23 Å². The van der Waals surface area contributed by atoms with E-state index < -0.39 is 17.1 Å². The second-order valence-electron chi connectivity index (χ2n) is 6.15. The van der Waals surface area contributed by atoms with Gasteiger partial charge in [0.25, 0.3) is 0 Å². The summed E-state index contributed by atoms with van der Waals surface area (Å²) >= 11 is 0. The monoisotopic (exact) mass is 274 g/mol. The lowest BCUT2D eigenvalue weighted by molar-refractivity contribution is 0.124. The quantitative estimate of drug-likeness (QED) is 0.567. The highest BCUT2D eigenvalue weighted by molar-refractivity contribution is 6.74. The van der Waals surface area contributed by atoms with Crippen molar-refractivity contribution in [2.45, 2.75) is 90.3 Å². The summed E-state index contributed by atoms with van der Waals surface area (Å²) in [6, 6.07) is 0. The standard InChI is InChI=1S/C14H34OSi2/c1-9-13(10-2)17(7,8)15-14(11-3,12-4)16(5)6/h13,16H,9-12H2,1-8H3. The fourth-order valence-corrected chi connectivity index (χ4v) is 10.2. The molecule has 0 spiro atoms. The van der Waals surface area contributed by atoms with Crippen molar-refractivity contribution in [2.75, 3.05) is 0 Å². The fraction of sp³-hybridized carbons (Fsp3) is 1.00. The zero-order valence-corrected chi connectivity index (χ0v) is 15.5. The van der Waals surface area contributed by atoms with Crippen molar-refractivity contribution >= 4 is 17.1 Å². The van der Waals surface area contributed by atoms with Gasteiger partial charge in [-0.1, -0.05) is 53.6 Å². The van der Waals surface area contributed by atoms with Crippen LogP contribution in [0.1, 0.15) is 53.4 Å². The highest BCUT2D eigenvalue weighted by Crippen LogP contribution is 2.36. The maximum absolute atomic E-state index is 6.83. The van der Waals surface area contributed by atoms with Crippen molar-refractivity contribution in [1.29, 1.82) is 0 Å². The van der Waals surface area contributed by atoms with Crippen LogP contribution in [0.5, 0.6) is 0 Å². The van der Waals surface area contributed by atoms with E-state index in [1.54, 1.807) is 0 Å². The molecule has 0 saturated carbocycles. The molecular weight excluding hydrogens is 240 g/mol. The second kappa shape index (κ2) is 7.10. The van der Waals surface area contributed by atoms with Crippen LogP contribution in [-0.2, 0) is 4.43 Å². The molecule has 0 aliphatic heterocycles. The van der Waals surface area contributed by atoms with Crippen molar-refractivity contribution in [3.8, 4) is 0 Å². The largest absolute Gasteiger partial charge is 0.415 e. The van der Waals surface area contributed by atoms with Crippen LogP contribution in [0.25, 0.3) is 0 Å². The molecule has 0 amide bonds. The summed E-state index contributed by atoms with van der Waals surface area (Å²) in [4.78, 5) is 0. The second-order valence-corrected chi connectivity index (χ2v) is 13.7. The minimum Gasteiger partial charge on any atom is -0.415 e. The molecule has 0 rings (SSSR count). The predicted octanol–water partition coefficient (Wildman–Crippen LogP) is 4.98. The number of hydrogen-bond acceptors (Lipinski definition) is 1. The lowest BCUT2D eigenvalue weighted by atomic mass is 10.2. The zero-order chi connectivity index (χ0) is 13.7. The molecule has 0 bridgehead atoms. The van der Waals surface area contributed by atoms with Gasteiger partial charge in [0.1, 0.15) is 0 Å². The van der Waals surface area contributed by atoms with Crippen LogP contribution in [0.15, 0.2) is 0 Å². The van der Waals surface area contributed by atoms with Gasteiger partial charge < -0.3 is 4.43 Å². The Bertz CT molecular complexity index is 206. The molecule has 0 heterocycles. The molecular formula is C14H34OSi2. The Morgan fingerprint density at radius 3 is 1.65 bits per heavy atom. The minimum atomic E-state index is -1.54. The van der Waals surface area contributed by atoms with Crippen molar-refractivity contribution in [1.82, 2.24) is 0 Å². The predicted molar refractivity (Wildman–Crippen MR) is 85.1 cm³/mol. The lowest BCUT2D eigenvalue weighted by Crippen LogP contribution is -2.53. The van der Waals surface area contributed by atoms with Gasteiger partial charge >= 0.3 is 0 Å². The third-order valence-electron chi connectivity index (χ3n) is 4.68. The van der Waals surface area contributed by atoms with Crippen molar-refractivity contribution in [2.24, 2.45) is 0 Å². The molecule has 0 aromatic heterocycles. The molecule has 3 heteroatoms. The highest BCUT2D eigenvalue weighted by atomic mass is 28.4. The average Bonchev–Trinajstić information content (AvgIpc) is 2.26. The maximum atomic E-state index is 6.83. The van der Waals surface area contributed by atoms with Gasteiger partial charge in [-0.05, 0) is 31.5 Å². The Hall–Kier alpha value is 0.394. The summed E-state index contributed by atoms with van der Waals surface area (Å²) in [6.07, 6.45) is 4.95. The zero-order valence-electron chi connectivity index (χ0n) is 13.4. The summed E-state index contributed by atoms with van der Waals surface area (Å²) in [5.74, 6) is 0. The first-order valence-corrected chi connectivity index (χ1v) is 13.4. The van der Waals surface area contributed by atoms with Gasteiger partial charge in [-0.15, -0.1) is 0 Å². The van der Waals surface area contributed by atoms with Crippen molar-refractivity contribution in [3.63, 3.8) is 0 Å². The van der Waals surface area contributed by atoms with E-state index in [0.717, 1.165) is 5.54 Å². The summed E-state index contributed by atoms with van der Waals surface area (Å²) < 4.78 is 6.83. The summed E-state index contributed by atoms with van der Waals surface area (Å²) in [5, 5.41) is 0.248. The van der Waals surface area contributed by atoms with Crippen LogP contribution in [0, 0.1) is 0 Å². The Labute approximate surface area is 112 Å². The van der Waals surface area contributed by atoms with Crippen LogP contribution < -0.4 is 0 Å². The molecule has 0 aliphatic rings. The third-order valence-corrected chi connectivity index (χ3v) is 11.7. The molecule has 1 nitrogen and oxygen atoms in total. The first kappa shape index (κ1) is 17.4. The molecule has 0 saturated heterocycles. The molecule has 0 unspecified atom stereocenters. The van der Waals surface area contributed by atoms with E-state index in [0.29, 0.717) is 0 Å². The number of hydrogen-bond donors (Lipinski definition) is 0. The number of rotatable bonds is 8. The van der Waals surface area contributed by atoms with Crippen molar-refractivity contribution in [3.05, 3.63) is 0 Å². The molecule has 0 atom stereocenters. The Morgan fingerprint density at radius 2 is 1.41 bits per heavy atom. The van der Waals surface area contributed by atoms with Gasteiger partial charge in [0.05, 0.1) is 8.80 Å². The van der Waals surface area contributed by atoms with Crippen LogP contribution >= 0.6 is 0 Å². The van der Waals surface area contributed by atoms with Gasteiger partial charge in [0, 0.05) is 5.22 Å². The molecule has 0 aliphatic carbocycles. The summed E-state index contributed by atoms with van der Waals surface area (Å²) in [5.41, 5.74) is 0.813. The van der Waals surface area contributed by atoms with Gasteiger partial charge in [0.2, 0.25) is 0 Å². The van der Waals surface area contributed by atoms with Crippen LogP contribution in [0.2, 0.25) is 31.7 Å². The molecule has 0 N–H and O–H groups in total. The molecule has 17 heavy (non-hydrogen) atoms. The minimum absolute atomic E-state index is 0.248. The fourth-order valence-electron chi connectivity index (χ4n) is 3.21. The third kappa shape index (κ3) is 4.21. The first-order valence-electron chi connectivity index (χ1n) is 7.49. The highest BCUT2D eigenvalue weighted by Gasteiger charge is 2.41. The van der Waals surface area contributed by atoms with E-state index in [1.807, 2.05) is 0 Å². The lowest BCUT2D eigenvalue weighted by Gasteiger charge is -2.45. The molecule has 0 fully saturated rings. The van der Waals surface area contributed by atoms with Gasteiger partial charge in [-0.3, -0.25) is 0 Å². The van der Waals surface area contributed by atoms with Crippen molar-refractivity contribution < 1.29 is 4.43 Å². The normalized spacial score (nSPS) is 13.8. The Morgan fingerprint density at radius 1 is 1.00 bits per heavy atom. The van der Waals surface area contributed by atoms with E-state index >= 15 is 0 Å². The van der Waals surface area contributed by atoms with Gasteiger partial charge in [0.15, 0.2) is 8.32 Å². The van der Waals surface area contributed by atoms with E-state index in [-0.39, 0.29) is 5.22 Å². The Kier molecular flexibility index (Phi) is 7.26. The smallest absolute Gasteiger partial charge is 0.190 e. The van der Waals surface area contributed by atoms with Crippen LogP contribution in [0.4, 0.5) is 0 Å². The van der Waals surface area contributed by atoms with Gasteiger partial charge in [-0.25, -0.2) is 0 Å². The molecule has 0 radical (unpaired) electrons. The SMILES string of the molecule is CCC(CC)[Si](C)(C)OC(CC)(CC)[SiH](C)C. The van der Waals surface area contributed by atoms with Gasteiger partial charge in [-0.2, -0.15) is 0 Å². The van der Waals surface area contributed by atoms with Crippen LogP contribution in [-0.4, -0.2) is 22.3 Å². The average molecular weight is 275 g/mol. The first-order chi connectivity index (χ1) is 7.79. The molecule has 0 aromatic carbocycles. The summed E-state index contributed by atoms with van der Waals surface area (Å²) in [6.45, 7) is 19.0. The van der Waals surface area contributed by atoms with E-state index in [2.05, 4.69) is 53.9 Å².